The topological polar surface area (TPSA) is 0 Å². The lowest BCUT2D eigenvalue weighted by atomic mass is 10.1. The molecular formula is C7H14Cl. The normalized spacial score (nSPS) is 10.5. The summed E-state index contributed by atoms with van der Waals surface area (Å²) in [6, 6.07) is 0. The van der Waals surface area contributed by atoms with Crippen LogP contribution >= 0.6 is 11.6 Å². The molecule has 1 radical (unpaired) electrons. The summed E-state index contributed by atoms with van der Waals surface area (Å²) in [7, 11) is 0. The number of alkyl halides is 1. The van der Waals surface area contributed by atoms with Crippen LogP contribution in [-0.4, -0.2) is 5.88 Å². The third-order valence-electron chi connectivity index (χ3n) is 1.06. The third-order valence-corrected chi connectivity index (χ3v) is 1.33. The zero-order valence-electron chi connectivity index (χ0n) is 5.71. The zero-order chi connectivity index (χ0) is 6.41. The maximum Gasteiger partial charge on any atom is 0.0223 e. The SMILES string of the molecule is C[C](C)CCCCCl. The molecule has 0 N–H and O–H groups in total. The van der Waals surface area contributed by atoms with Crippen LogP contribution in [0.5, 0.6) is 0 Å². The minimum absolute atomic E-state index is 0.813. The highest BCUT2D eigenvalue weighted by Crippen LogP contribution is 2.07. The Kier molecular flexibility index (Phi) is 5.62. The van der Waals surface area contributed by atoms with Crippen LogP contribution in [0, 0.1) is 5.92 Å². The first kappa shape index (κ1) is 8.29. The van der Waals surface area contributed by atoms with Gasteiger partial charge in [-0.15, -0.1) is 11.6 Å². The molecule has 0 aromatic carbocycles. The van der Waals surface area contributed by atoms with E-state index in [0.717, 1.165) is 12.3 Å². The van der Waals surface area contributed by atoms with Crippen LogP contribution in [0.25, 0.3) is 0 Å². The minimum Gasteiger partial charge on any atom is -0.127 e. The molecule has 0 nitrogen and oxygen atoms in total. The van der Waals surface area contributed by atoms with E-state index in [4.69, 9.17) is 11.6 Å². The molecule has 1 heteroatoms. The van der Waals surface area contributed by atoms with E-state index < -0.39 is 0 Å². The number of halogens is 1. The first-order chi connectivity index (χ1) is 3.77. The van der Waals surface area contributed by atoms with Crippen molar-refractivity contribution in [1.29, 1.82) is 0 Å². The molecule has 0 aliphatic heterocycles. The molecule has 0 heterocycles. The lowest BCUT2D eigenvalue weighted by Gasteiger charge is -1.99. The second-order valence-electron chi connectivity index (χ2n) is 2.35. The highest BCUT2D eigenvalue weighted by Gasteiger charge is 1.91. The first-order valence-electron chi connectivity index (χ1n) is 3.12. The number of hydrogen-bond donors (Lipinski definition) is 0. The molecule has 0 aliphatic carbocycles. The van der Waals surface area contributed by atoms with Crippen molar-refractivity contribution in [3.05, 3.63) is 5.92 Å². The summed E-state index contributed by atoms with van der Waals surface area (Å²) in [6.45, 7) is 4.32. The monoisotopic (exact) mass is 133 g/mol. The largest absolute Gasteiger partial charge is 0.127 e. The van der Waals surface area contributed by atoms with E-state index in [2.05, 4.69) is 13.8 Å². The third kappa shape index (κ3) is 6.29. The zero-order valence-corrected chi connectivity index (χ0v) is 6.46. The molecule has 0 saturated heterocycles. The molecule has 49 valence electrons. The lowest BCUT2D eigenvalue weighted by molar-refractivity contribution is 0.733. The van der Waals surface area contributed by atoms with Crippen molar-refractivity contribution >= 4 is 11.6 Å². The summed E-state index contributed by atoms with van der Waals surface area (Å²) in [5, 5.41) is 0. The Morgan fingerprint density at radius 3 is 2.25 bits per heavy atom. The fraction of sp³-hybridized carbons (Fsp3) is 0.857. The number of rotatable bonds is 4. The molecular weight excluding hydrogens is 120 g/mol. The van der Waals surface area contributed by atoms with E-state index in [1.165, 1.54) is 18.8 Å². The van der Waals surface area contributed by atoms with Gasteiger partial charge in [0.05, 0.1) is 0 Å². The molecule has 8 heavy (non-hydrogen) atoms. The summed E-state index contributed by atoms with van der Waals surface area (Å²) in [4.78, 5) is 0. The average Bonchev–Trinajstić information content (AvgIpc) is 1.66. The van der Waals surface area contributed by atoms with Crippen LogP contribution in [0.3, 0.4) is 0 Å². The summed E-state index contributed by atoms with van der Waals surface area (Å²) >= 11 is 5.48. The highest BCUT2D eigenvalue weighted by molar-refractivity contribution is 6.17. The van der Waals surface area contributed by atoms with Gasteiger partial charge in [-0.25, -0.2) is 0 Å². The molecule has 0 saturated carbocycles. The van der Waals surface area contributed by atoms with Gasteiger partial charge in [0.1, 0.15) is 0 Å². The van der Waals surface area contributed by atoms with Gasteiger partial charge in [0.25, 0.3) is 0 Å². The van der Waals surface area contributed by atoms with Crippen LogP contribution in [0.1, 0.15) is 33.1 Å². The van der Waals surface area contributed by atoms with Crippen molar-refractivity contribution in [2.24, 2.45) is 0 Å². The maximum atomic E-state index is 5.48. The molecule has 0 aromatic heterocycles. The van der Waals surface area contributed by atoms with E-state index in [9.17, 15) is 0 Å². The summed E-state index contributed by atoms with van der Waals surface area (Å²) in [5.41, 5.74) is 0. The Bertz CT molecular complexity index is 41.7. The van der Waals surface area contributed by atoms with Crippen LogP contribution in [-0.2, 0) is 0 Å². The second-order valence-corrected chi connectivity index (χ2v) is 2.73. The smallest absolute Gasteiger partial charge is 0.0223 e. The Balaban J connectivity index is 2.72. The molecule has 0 aromatic rings. The van der Waals surface area contributed by atoms with Gasteiger partial charge in [0, 0.05) is 5.88 Å². The van der Waals surface area contributed by atoms with Crippen molar-refractivity contribution in [3.63, 3.8) is 0 Å². The Morgan fingerprint density at radius 2 is 1.88 bits per heavy atom. The van der Waals surface area contributed by atoms with E-state index in [-0.39, 0.29) is 0 Å². The van der Waals surface area contributed by atoms with Crippen molar-refractivity contribution in [2.75, 3.05) is 5.88 Å². The van der Waals surface area contributed by atoms with E-state index in [0.29, 0.717) is 0 Å². The summed E-state index contributed by atoms with van der Waals surface area (Å²) in [5.74, 6) is 2.32. The Morgan fingerprint density at radius 1 is 1.25 bits per heavy atom. The predicted molar refractivity (Wildman–Crippen MR) is 39.2 cm³/mol. The second kappa shape index (κ2) is 5.43. The van der Waals surface area contributed by atoms with Crippen molar-refractivity contribution in [3.8, 4) is 0 Å². The van der Waals surface area contributed by atoms with Crippen molar-refractivity contribution < 1.29 is 0 Å². The molecule has 0 bridgehead atoms. The molecule has 0 atom stereocenters. The predicted octanol–water partition coefficient (Wildman–Crippen LogP) is 3.01. The van der Waals surface area contributed by atoms with Gasteiger partial charge in [-0.1, -0.05) is 20.3 Å². The molecule has 0 amide bonds. The van der Waals surface area contributed by atoms with E-state index >= 15 is 0 Å². The quantitative estimate of drug-likeness (QED) is 0.409. The Hall–Kier alpha value is 0.290. The highest BCUT2D eigenvalue weighted by atomic mass is 35.5. The van der Waals surface area contributed by atoms with E-state index in [1.54, 1.807) is 0 Å². The van der Waals surface area contributed by atoms with Crippen LogP contribution in [0.2, 0.25) is 0 Å². The van der Waals surface area contributed by atoms with E-state index in [1.807, 2.05) is 0 Å². The Labute approximate surface area is 57.2 Å². The van der Waals surface area contributed by atoms with Gasteiger partial charge < -0.3 is 0 Å². The van der Waals surface area contributed by atoms with Gasteiger partial charge in [-0.3, -0.25) is 0 Å². The molecule has 0 fully saturated rings. The first-order valence-corrected chi connectivity index (χ1v) is 3.66. The average molecular weight is 134 g/mol. The summed E-state index contributed by atoms with van der Waals surface area (Å²) < 4.78 is 0. The number of unbranched alkanes of at least 4 members (excludes halogenated alkanes) is 1. The molecule has 0 rings (SSSR count). The van der Waals surface area contributed by atoms with Gasteiger partial charge in [0.15, 0.2) is 0 Å². The summed E-state index contributed by atoms with van der Waals surface area (Å²) in [6.07, 6.45) is 3.66. The fourth-order valence-corrected chi connectivity index (χ4v) is 0.762. The van der Waals surface area contributed by atoms with Gasteiger partial charge in [-0.2, -0.15) is 0 Å². The number of hydrogen-bond acceptors (Lipinski definition) is 0. The van der Waals surface area contributed by atoms with Crippen LogP contribution < -0.4 is 0 Å². The lowest BCUT2D eigenvalue weighted by Crippen LogP contribution is -1.84. The van der Waals surface area contributed by atoms with Crippen LogP contribution in [0.4, 0.5) is 0 Å². The van der Waals surface area contributed by atoms with Gasteiger partial charge >= 0.3 is 0 Å². The standard InChI is InChI=1S/C7H14Cl/c1-7(2)5-3-4-6-8/h3-6H2,1-2H3. The molecule has 0 spiro atoms. The van der Waals surface area contributed by atoms with Crippen LogP contribution in [0.15, 0.2) is 0 Å². The minimum atomic E-state index is 0.813. The van der Waals surface area contributed by atoms with Crippen molar-refractivity contribution in [2.45, 2.75) is 33.1 Å². The van der Waals surface area contributed by atoms with Gasteiger partial charge in [0.2, 0.25) is 0 Å². The van der Waals surface area contributed by atoms with Crippen molar-refractivity contribution in [1.82, 2.24) is 0 Å². The van der Waals surface area contributed by atoms with Gasteiger partial charge in [-0.05, 0) is 18.8 Å². The maximum absolute atomic E-state index is 5.48. The molecule has 0 unspecified atom stereocenters. The fourth-order valence-electron chi connectivity index (χ4n) is 0.573. The molecule has 0 aliphatic rings.